The van der Waals surface area contributed by atoms with Crippen molar-refractivity contribution in [1.29, 1.82) is 0 Å². The third kappa shape index (κ3) is 8.96. The monoisotopic (exact) mass is 669 g/mol. The predicted octanol–water partition coefficient (Wildman–Crippen LogP) is 7.41. The van der Waals surface area contributed by atoms with E-state index in [1.807, 2.05) is 65.6 Å². The second kappa shape index (κ2) is 17.1. The normalized spacial score (nSPS) is 16.4. The van der Waals surface area contributed by atoms with Gasteiger partial charge in [-0.15, -0.1) is 0 Å². The van der Waals surface area contributed by atoms with E-state index in [-0.39, 0.29) is 24.4 Å². The average molecular weight is 670 g/mol. The number of carboxylic acids is 1. The molecule has 7 nitrogen and oxygen atoms in total. The van der Waals surface area contributed by atoms with Gasteiger partial charge in [0.25, 0.3) is 0 Å². The Bertz CT molecular complexity index is 1670. The van der Waals surface area contributed by atoms with Crippen LogP contribution in [0.25, 0.3) is 6.08 Å². The summed E-state index contributed by atoms with van der Waals surface area (Å²) in [7, 11) is 0. The van der Waals surface area contributed by atoms with Crippen LogP contribution in [0.2, 0.25) is 0 Å². The standard InChI is InChI=1S/C43H47N3O4/c47-40(44-27-29-45(30-28-44)41(37-17-9-3-10-18-37)38-19-11-4-12-20-38)26-23-33-21-24-36(25-22-33)39(35-15-7-2-8-16-35)32-46(42(48)43(49)50)31-34-13-5-1-6-14-34/h1,3-6,9-14,17-26,35,39,41H,2,7-8,15-16,27-32H2,(H,49,50)/b26-23+. The lowest BCUT2D eigenvalue weighted by Gasteiger charge is -2.39. The molecule has 0 spiro atoms. The van der Waals surface area contributed by atoms with E-state index in [1.54, 1.807) is 6.08 Å². The van der Waals surface area contributed by atoms with Crippen molar-refractivity contribution < 1.29 is 19.5 Å². The molecule has 2 fully saturated rings. The molecular weight excluding hydrogens is 622 g/mol. The van der Waals surface area contributed by atoms with Crippen LogP contribution in [0.15, 0.2) is 121 Å². The van der Waals surface area contributed by atoms with Gasteiger partial charge in [-0.3, -0.25) is 14.5 Å². The molecule has 7 heteroatoms. The minimum atomic E-state index is -1.43. The number of piperazine rings is 1. The zero-order valence-electron chi connectivity index (χ0n) is 28.6. The molecule has 1 aliphatic heterocycles. The number of carbonyl (C=O) groups excluding carboxylic acids is 2. The number of rotatable bonds is 11. The van der Waals surface area contributed by atoms with Crippen LogP contribution >= 0.6 is 0 Å². The van der Waals surface area contributed by atoms with Gasteiger partial charge in [0, 0.05) is 51.3 Å². The molecule has 258 valence electrons. The van der Waals surface area contributed by atoms with E-state index in [2.05, 4.69) is 65.6 Å². The summed E-state index contributed by atoms with van der Waals surface area (Å²) in [5.41, 5.74) is 5.44. The Hall–Kier alpha value is -5.01. The van der Waals surface area contributed by atoms with Crippen LogP contribution < -0.4 is 0 Å². The molecule has 0 aromatic heterocycles. The second-order valence-corrected chi connectivity index (χ2v) is 13.6. The Balaban J connectivity index is 1.11. The molecule has 2 aliphatic rings. The summed E-state index contributed by atoms with van der Waals surface area (Å²) in [4.78, 5) is 43.9. The summed E-state index contributed by atoms with van der Waals surface area (Å²) in [6, 6.07) is 39.1. The van der Waals surface area contributed by atoms with Gasteiger partial charge < -0.3 is 14.9 Å². The lowest BCUT2D eigenvalue weighted by molar-refractivity contribution is -0.156. The van der Waals surface area contributed by atoms with Gasteiger partial charge in [0.05, 0.1) is 6.04 Å². The van der Waals surface area contributed by atoms with Crippen LogP contribution in [0.4, 0.5) is 0 Å². The summed E-state index contributed by atoms with van der Waals surface area (Å²) in [6.45, 7) is 3.50. The molecule has 1 saturated carbocycles. The minimum absolute atomic E-state index is 0.00789. The van der Waals surface area contributed by atoms with Gasteiger partial charge in [-0.25, -0.2) is 4.79 Å². The van der Waals surface area contributed by atoms with Gasteiger partial charge in [0.15, 0.2) is 0 Å². The van der Waals surface area contributed by atoms with Crippen LogP contribution in [0.1, 0.15) is 71.9 Å². The summed E-state index contributed by atoms with van der Waals surface area (Å²) in [5, 5.41) is 9.66. The van der Waals surface area contributed by atoms with E-state index in [0.29, 0.717) is 25.6 Å². The first-order valence-corrected chi connectivity index (χ1v) is 17.9. The number of carboxylic acid groups (broad SMARTS) is 1. The Morgan fingerprint density at radius 3 is 1.82 bits per heavy atom. The highest BCUT2D eigenvalue weighted by Gasteiger charge is 2.31. The molecule has 1 heterocycles. The fourth-order valence-corrected chi connectivity index (χ4v) is 7.67. The van der Waals surface area contributed by atoms with Crippen LogP contribution in [0, 0.1) is 5.92 Å². The lowest BCUT2D eigenvalue weighted by Crippen LogP contribution is -2.49. The molecule has 0 bridgehead atoms. The van der Waals surface area contributed by atoms with E-state index >= 15 is 0 Å². The number of hydrogen-bond donors (Lipinski definition) is 1. The number of carbonyl (C=O) groups is 3. The van der Waals surface area contributed by atoms with Crippen molar-refractivity contribution >= 4 is 23.9 Å². The van der Waals surface area contributed by atoms with Crippen molar-refractivity contribution in [3.05, 3.63) is 149 Å². The van der Waals surface area contributed by atoms with Gasteiger partial charge in [-0.2, -0.15) is 0 Å². The Labute approximate surface area is 295 Å². The fraction of sp³-hybridized carbons (Fsp3) is 0.326. The van der Waals surface area contributed by atoms with Gasteiger partial charge in [0.2, 0.25) is 5.91 Å². The van der Waals surface area contributed by atoms with Crippen molar-refractivity contribution in [1.82, 2.24) is 14.7 Å². The zero-order chi connectivity index (χ0) is 34.7. The maximum atomic E-state index is 13.3. The minimum Gasteiger partial charge on any atom is -0.474 e. The highest BCUT2D eigenvalue weighted by Crippen LogP contribution is 2.37. The summed E-state index contributed by atoms with van der Waals surface area (Å²) in [5.74, 6) is -1.90. The van der Waals surface area contributed by atoms with E-state index in [4.69, 9.17) is 0 Å². The molecule has 1 atom stereocenters. The molecule has 4 aromatic rings. The van der Waals surface area contributed by atoms with Crippen molar-refractivity contribution in [2.24, 2.45) is 5.92 Å². The van der Waals surface area contributed by atoms with Crippen LogP contribution in [0.5, 0.6) is 0 Å². The first-order chi connectivity index (χ1) is 24.5. The van der Waals surface area contributed by atoms with Crippen LogP contribution in [-0.2, 0) is 20.9 Å². The SMILES string of the molecule is O=C(O)C(=O)N(Cc1ccccc1)CC(c1ccc(/C=C/C(=O)N2CCN(C(c3ccccc3)c3ccccc3)CC2)cc1)C1CCCCC1. The Kier molecular flexibility index (Phi) is 11.9. The maximum Gasteiger partial charge on any atom is 0.394 e. The van der Waals surface area contributed by atoms with Gasteiger partial charge in [-0.1, -0.05) is 135 Å². The highest BCUT2D eigenvalue weighted by molar-refractivity contribution is 6.31. The molecular formula is C43H47N3O4. The quantitative estimate of drug-likeness (QED) is 0.133. The molecule has 50 heavy (non-hydrogen) atoms. The largest absolute Gasteiger partial charge is 0.474 e. The third-order valence-corrected chi connectivity index (χ3v) is 10.3. The highest BCUT2D eigenvalue weighted by atomic mass is 16.4. The van der Waals surface area contributed by atoms with Crippen molar-refractivity contribution in [2.75, 3.05) is 32.7 Å². The number of nitrogens with zero attached hydrogens (tertiary/aromatic N) is 3. The smallest absolute Gasteiger partial charge is 0.394 e. The molecule has 6 rings (SSSR count). The summed E-state index contributed by atoms with van der Waals surface area (Å²) >= 11 is 0. The molecule has 1 unspecified atom stereocenters. The van der Waals surface area contributed by atoms with E-state index in [1.165, 1.54) is 22.4 Å². The Morgan fingerprint density at radius 2 is 1.26 bits per heavy atom. The zero-order valence-corrected chi connectivity index (χ0v) is 28.6. The van der Waals surface area contributed by atoms with Gasteiger partial charge in [0.1, 0.15) is 0 Å². The average Bonchev–Trinajstić information content (AvgIpc) is 3.17. The van der Waals surface area contributed by atoms with Gasteiger partial charge in [-0.05, 0) is 52.7 Å². The van der Waals surface area contributed by atoms with Gasteiger partial charge >= 0.3 is 11.9 Å². The van der Waals surface area contributed by atoms with Crippen molar-refractivity contribution in [2.45, 2.75) is 50.6 Å². The van der Waals surface area contributed by atoms with E-state index < -0.39 is 11.9 Å². The topological polar surface area (TPSA) is 81.2 Å². The number of amides is 2. The molecule has 0 radical (unpaired) electrons. The molecule has 4 aromatic carbocycles. The lowest BCUT2D eigenvalue weighted by atomic mass is 9.76. The molecule has 2 amide bonds. The van der Waals surface area contributed by atoms with Crippen molar-refractivity contribution in [3.8, 4) is 0 Å². The number of hydrogen-bond acceptors (Lipinski definition) is 4. The molecule has 1 aliphatic carbocycles. The number of aliphatic carboxylic acids is 1. The van der Waals surface area contributed by atoms with E-state index in [0.717, 1.165) is 55.5 Å². The second-order valence-electron chi connectivity index (χ2n) is 13.6. The predicted molar refractivity (Wildman–Crippen MR) is 197 cm³/mol. The summed E-state index contributed by atoms with van der Waals surface area (Å²) < 4.78 is 0. The Morgan fingerprint density at radius 1 is 0.700 bits per heavy atom. The number of benzene rings is 4. The third-order valence-electron chi connectivity index (χ3n) is 10.3. The van der Waals surface area contributed by atoms with E-state index in [9.17, 15) is 19.5 Å². The summed E-state index contributed by atoms with van der Waals surface area (Å²) in [6.07, 6.45) is 9.16. The van der Waals surface area contributed by atoms with Crippen molar-refractivity contribution in [3.63, 3.8) is 0 Å². The van der Waals surface area contributed by atoms with Crippen LogP contribution in [-0.4, -0.2) is 70.3 Å². The molecule has 1 saturated heterocycles. The first-order valence-electron chi connectivity index (χ1n) is 17.9. The fourth-order valence-electron chi connectivity index (χ4n) is 7.67. The molecule has 1 N–H and O–H groups in total. The van der Waals surface area contributed by atoms with Crippen LogP contribution in [0.3, 0.4) is 0 Å². The first kappa shape index (κ1) is 34.8. The maximum absolute atomic E-state index is 13.3.